The zero-order valence-corrected chi connectivity index (χ0v) is 14.6. The highest BCUT2D eigenvalue weighted by Crippen LogP contribution is 2.31. The van der Waals surface area contributed by atoms with Crippen LogP contribution in [0.5, 0.6) is 0 Å². The van der Waals surface area contributed by atoms with Gasteiger partial charge >= 0.3 is 0 Å². The van der Waals surface area contributed by atoms with Gasteiger partial charge in [-0.15, -0.1) is 11.3 Å². The predicted octanol–water partition coefficient (Wildman–Crippen LogP) is 3.05. The molecule has 1 amide bonds. The standard InChI is InChI=1S/C17H15N3O2S2/c1-10(16(22)20-8-6-11-4-2-3-5-13(11)20)24-17-18-14(21)12-7-9-23-15(12)19-17/h2-5,7,9-10H,6,8H2,1H3,(H,18,19,21)/t10-/m1/s1. The summed E-state index contributed by atoms with van der Waals surface area (Å²) in [5, 5.41) is 2.61. The summed E-state index contributed by atoms with van der Waals surface area (Å²) in [6.07, 6.45) is 0.884. The summed E-state index contributed by atoms with van der Waals surface area (Å²) in [5.74, 6) is 0.0406. The lowest BCUT2D eigenvalue weighted by molar-refractivity contribution is -0.117. The third kappa shape index (κ3) is 2.63. The Balaban J connectivity index is 1.56. The molecular formula is C17H15N3O2S2. The van der Waals surface area contributed by atoms with E-state index in [-0.39, 0.29) is 16.7 Å². The number of aromatic nitrogens is 2. The van der Waals surface area contributed by atoms with Gasteiger partial charge in [0.2, 0.25) is 5.91 Å². The van der Waals surface area contributed by atoms with E-state index in [0.717, 1.165) is 12.1 Å². The first kappa shape index (κ1) is 15.4. The van der Waals surface area contributed by atoms with E-state index in [2.05, 4.69) is 16.0 Å². The Morgan fingerprint density at radius 2 is 2.21 bits per heavy atom. The fourth-order valence-corrected chi connectivity index (χ4v) is 4.59. The van der Waals surface area contributed by atoms with Crippen LogP contribution in [0.2, 0.25) is 0 Å². The predicted molar refractivity (Wildman–Crippen MR) is 98.1 cm³/mol. The van der Waals surface area contributed by atoms with Gasteiger partial charge in [-0.3, -0.25) is 9.59 Å². The van der Waals surface area contributed by atoms with Crippen molar-refractivity contribution in [3.63, 3.8) is 0 Å². The normalized spacial score (nSPS) is 14.8. The van der Waals surface area contributed by atoms with Crippen molar-refractivity contribution in [3.05, 3.63) is 51.6 Å². The van der Waals surface area contributed by atoms with Gasteiger partial charge in [0.1, 0.15) is 4.83 Å². The monoisotopic (exact) mass is 357 g/mol. The number of para-hydroxylation sites is 1. The number of H-pyrrole nitrogens is 1. The van der Waals surface area contributed by atoms with Crippen LogP contribution in [0.25, 0.3) is 10.2 Å². The van der Waals surface area contributed by atoms with Crippen molar-refractivity contribution in [1.29, 1.82) is 0 Å². The zero-order chi connectivity index (χ0) is 16.7. The van der Waals surface area contributed by atoms with E-state index in [1.807, 2.05) is 35.4 Å². The van der Waals surface area contributed by atoms with E-state index in [9.17, 15) is 9.59 Å². The number of hydrogen-bond acceptors (Lipinski definition) is 5. The van der Waals surface area contributed by atoms with Gasteiger partial charge in [0.05, 0.1) is 10.6 Å². The summed E-state index contributed by atoms with van der Waals surface area (Å²) < 4.78 is 0. The van der Waals surface area contributed by atoms with Gasteiger partial charge in [-0.2, -0.15) is 0 Å². The molecule has 0 unspecified atom stereocenters. The molecule has 4 rings (SSSR count). The van der Waals surface area contributed by atoms with Crippen molar-refractivity contribution in [3.8, 4) is 0 Å². The van der Waals surface area contributed by atoms with Crippen LogP contribution in [0.3, 0.4) is 0 Å². The topological polar surface area (TPSA) is 66.1 Å². The van der Waals surface area contributed by atoms with Crippen LogP contribution >= 0.6 is 23.1 Å². The number of nitrogens with one attached hydrogen (secondary N) is 1. The average Bonchev–Trinajstić information content (AvgIpc) is 3.20. The molecule has 1 aromatic carbocycles. The van der Waals surface area contributed by atoms with Gasteiger partial charge in [-0.1, -0.05) is 30.0 Å². The van der Waals surface area contributed by atoms with E-state index in [1.54, 1.807) is 6.07 Å². The van der Waals surface area contributed by atoms with Crippen molar-refractivity contribution in [2.75, 3.05) is 11.4 Å². The highest BCUT2D eigenvalue weighted by Gasteiger charge is 2.28. The molecule has 1 atom stereocenters. The Morgan fingerprint density at radius 3 is 3.08 bits per heavy atom. The number of thioether (sulfide) groups is 1. The Labute approximate surface area is 146 Å². The van der Waals surface area contributed by atoms with E-state index in [0.29, 0.717) is 21.9 Å². The summed E-state index contributed by atoms with van der Waals surface area (Å²) in [6, 6.07) is 9.75. The molecule has 3 heterocycles. The van der Waals surface area contributed by atoms with Crippen molar-refractivity contribution >= 4 is 44.9 Å². The van der Waals surface area contributed by atoms with E-state index < -0.39 is 0 Å². The Kier molecular flexibility index (Phi) is 3.90. The van der Waals surface area contributed by atoms with Crippen LogP contribution in [0.4, 0.5) is 5.69 Å². The molecule has 1 N–H and O–H groups in total. The average molecular weight is 357 g/mol. The second-order valence-electron chi connectivity index (χ2n) is 5.64. The molecule has 122 valence electrons. The minimum absolute atomic E-state index is 0.0406. The Morgan fingerprint density at radius 1 is 1.38 bits per heavy atom. The quantitative estimate of drug-likeness (QED) is 0.578. The van der Waals surface area contributed by atoms with E-state index in [4.69, 9.17) is 0 Å². The van der Waals surface area contributed by atoms with Gasteiger partial charge in [-0.05, 0) is 36.4 Å². The largest absolute Gasteiger partial charge is 0.311 e. The van der Waals surface area contributed by atoms with E-state index >= 15 is 0 Å². The van der Waals surface area contributed by atoms with Crippen molar-refractivity contribution in [2.24, 2.45) is 0 Å². The van der Waals surface area contributed by atoms with Crippen LogP contribution < -0.4 is 10.5 Å². The Bertz CT molecular complexity index is 979. The molecule has 3 aromatic rings. The molecule has 1 aliphatic rings. The molecule has 0 aliphatic carbocycles. The molecule has 0 saturated heterocycles. The molecule has 0 radical (unpaired) electrons. The molecule has 7 heteroatoms. The van der Waals surface area contributed by atoms with Crippen LogP contribution in [0.1, 0.15) is 12.5 Å². The van der Waals surface area contributed by atoms with Gasteiger partial charge in [-0.25, -0.2) is 4.98 Å². The summed E-state index contributed by atoms with van der Waals surface area (Å²) in [7, 11) is 0. The fraction of sp³-hybridized carbons (Fsp3) is 0.235. The Hall–Kier alpha value is -2.12. The molecule has 0 bridgehead atoms. The highest BCUT2D eigenvalue weighted by molar-refractivity contribution is 8.00. The lowest BCUT2D eigenvalue weighted by Gasteiger charge is -2.21. The number of benzene rings is 1. The number of nitrogens with zero attached hydrogens (tertiary/aromatic N) is 2. The van der Waals surface area contributed by atoms with Crippen LogP contribution in [0, 0.1) is 0 Å². The summed E-state index contributed by atoms with van der Waals surface area (Å²) >= 11 is 2.72. The molecule has 24 heavy (non-hydrogen) atoms. The summed E-state index contributed by atoms with van der Waals surface area (Å²) in [6.45, 7) is 2.56. The van der Waals surface area contributed by atoms with E-state index in [1.165, 1.54) is 28.7 Å². The first-order valence-electron chi connectivity index (χ1n) is 7.67. The number of carbonyl (C=O) groups is 1. The number of thiophene rings is 1. The van der Waals surface area contributed by atoms with Crippen molar-refractivity contribution in [2.45, 2.75) is 23.8 Å². The molecule has 0 saturated carbocycles. The zero-order valence-electron chi connectivity index (χ0n) is 13.0. The molecular weight excluding hydrogens is 342 g/mol. The molecule has 0 fully saturated rings. The maximum absolute atomic E-state index is 12.8. The first-order valence-corrected chi connectivity index (χ1v) is 9.43. The van der Waals surface area contributed by atoms with Gasteiger partial charge in [0.25, 0.3) is 5.56 Å². The molecule has 2 aromatic heterocycles. The number of hydrogen-bond donors (Lipinski definition) is 1. The lowest BCUT2D eigenvalue weighted by Crippen LogP contribution is -2.35. The number of amides is 1. The van der Waals surface area contributed by atoms with Crippen LogP contribution in [-0.4, -0.2) is 27.7 Å². The SMILES string of the molecule is C[C@@H](Sc1nc2sccc2c(=O)[nH]1)C(=O)N1CCc2ccccc21. The number of fused-ring (bicyclic) bond motifs is 2. The lowest BCUT2D eigenvalue weighted by atomic mass is 10.2. The molecule has 0 spiro atoms. The fourth-order valence-electron chi connectivity index (χ4n) is 2.91. The summed E-state index contributed by atoms with van der Waals surface area (Å²) in [4.78, 5) is 34.6. The van der Waals surface area contributed by atoms with Crippen LogP contribution in [0.15, 0.2) is 45.7 Å². The molecule has 1 aliphatic heterocycles. The minimum Gasteiger partial charge on any atom is -0.311 e. The number of anilines is 1. The highest BCUT2D eigenvalue weighted by atomic mass is 32.2. The third-order valence-corrected chi connectivity index (χ3v) is 5.88. The second-order valence-corrected chi connectivity index (χ2v) is 7.86. The van der Waals surface area contributed by atoms with Crippen molar-refractivity contribution < 1.29 is 4.79 Å². The maximum Gasteiger partial charge on any atom is 0.260 e. The first-order chi connectivity index (χ1) is 11.6. The van der Waals surface area contributed by atoms with Crippen LogP contribution in [-0.2, 0) is 11.2 Å². The maximum atomic E-state index is 12.8. The molecule has 5 nitrogen and oxygen atoms in total. The number of aromatic amines is 1. The van der Waals surface area contributed by atoms with Crippen molar-refractivity contribution in [1.82, 2.24) is 9.97 Å². The number of rotatable bonds is 3. The number of carbonyl (C=O) groups excluding carboxylic acids is 1. The second kappa shape index (κ2) is 6.07. The summed E-state index contributed by atoms with van der Waals surface area (Å²) in [5.41, 5.74) is 2.04. The van der Waals surface area contributed by atoms with Gasteiger partial charge in [0.15, 0.2) is 5.16 Å². The third-order valence-electron chi connectivity index (χ3n) is 4.10. The van der Waals surface area contributed by atoms with Gasteiger partial charge < -0.3 is 9.88 Å². The van der Waals surface area contributed by atoms with Gasteiger partial charge in [0, 0.05) is 12.2 Å². The smallest absolute Gasteiger partial charge is 0.260 e. The minimum atomic E-state index is -0.322.